The molecule has 0 amide bonds. The van der Waals surface area contributed by atoms with Gasteiger partial charge in [-0.1, -0.05) is 31.5 Å². The molecule has 0 aliphatic heterocycles. The standard InChI is InChI=1S/C11H16N2O3S/c1-3-4-5-8(10(15)16)17-11-12-7(2)6-9(14)13-11/h6,8H,3-5H2,1-2H3,(H,15,16)(H,12,13,14)/p-1/t8-/m1/s1. The molecule has 1 rings (SSSR count). The summed E-state index contributed by atoms with van der Waals surface area (Å²) < 4.78 is 0. The second kappa shape index (κ2) is 6.44. The zero-order chi connectivity index (χ0) is 12.8. The lowest BCUT2D eigenvalue weighted by molar-refractivity contribution is -0.304. The van der Waals surface area contributed by atoms with Gasteiger partial charge in [0, 0.05) is 11.8 Å². The third-order valence-corrected chi connectivity index (χ3v) is 3.31. The lowest BCUT2D eigenvalue weighted by Crippen LogP contribution is -2.33. The molecule has 0 saturated heterocycles. The van der Waals surface area contributed by atoms with Gasteiger partial charge < -0.3 is 14.9 Å². The van der Waals surface area contributed by atoms with Crippen LogP contribution in [0.5, 0.6) is 0 Å². The zero-order valence-corrected chi connectivity index (χ0v) is 10.7. The van der Waals surface area contributed by atoms with Crippen molar-refractivity contribution in [2.75, 3.05) is 0 Å². The summed E-state index contributed by atoms with van der Waals surface area (Å²) in [5.41, 5.74) is 0.302. The van der Waals surface area contributed by atoms with Crippen LogP contribution in [-0.4, -0.2) is 21.2 Å². The molecule has 6 heteroatoms. The maximum absolute atomic E-state index is 11.2. The van der Waals surface area contributed by atoms with Crippen molar-refractivity contribution in [2.45, 2.75) is 43.5 Å². The van der Waals surface area contributed by atoms with Crippen LogP contribution in [0.1, 0.15) is 31.9 Å². The van der Waals surface area contributed by atoms with E-state index in [9.17, 15) is 14.7 Å². The van der Waals surface area contributed by atoms with Gasteiger partial charge in [-0.3, -0.25) is 4.79 Å². The van der Waals surface area contributed by atoms with Crippen LogP contribution >= 0.6 is 11.8 Å². The van der Waals surface area contributed by atoms with Gasteiger partial charge in [0.25, 0.3) is 5.56 Å². The van der Waals surface area contributed by atoms with Crippen LogP contribution in [0.4, 0.5) is 0 Å². The number of carboxylic acid groups (broad SMARTS) is 1. The average Bonchev–Trinajstić information content (AvgIpc) is 2.22. The van der Waals surface area contributed by atoms with Crippen LogP contribution in [0.25, 0.3) is 0 Å². The minimum atomic E-state index is -1.12. The first kappa shape index (κ1) is 13.8. The lowest BCUT2D eigenvalue weighted by atomic mass is 10.2. The number of carboxylic acids is 1. The van der Waals surface area contributed by atoms with Crippen molar-refractivity contribution in [3.63, 3.8) is 0 Å². The molecule has 0 fully saturated rings. The fourth-order valence-corrected chi connectivity index (χ4v) is 2.36. The maximum Gasteiger partial charge on any atom is 0.251 e. The highest BCUT2D eigenvalue weighted by atomic mass is 32.2. The third-order valence-electron chi connectivity index (χ3n) is 2.18. The molecular formula is C11H15N2O3S-. The SMILES string of the molecule is CCCC[C@@H](Sc1nc(C)cc(=O)[nH]1)C(=O)[O-]. The van der Waals surface area contributed by atoms with Crippen molar-refractivity contribution in [2.24, 2.45) is 0 Å². The van der Waals surface area contributed by atoms with Gasteiger partial charge in [-0.2, -0.15) is 0 Å². The van der Waals surface area contributed by atoms with E-state index in [1.165, 1.54) is 6.07 Å². The Bertz CT molecular complexity index is 445. The number of carbonyl (C=O) groups is 1. The zero-order valence-electron chi connectivity index (χ0n) is 9.86. The summed E-state index contributed by atoms with van der Waals surface area (Å²) in [6.07, 6.45) is 2.24. The summed E-state index contributed by atoms with van der Waals surface area (Å²) in [5, 5.41) is 10.6. The molecule has 94 valence electrons. The van der Waals surface area contributed by atoms with E-state index in [0.717, 1.165) is 24.6 Å². The summed E-state index contributed by atoms with van der Waals surface area (Å²) in [7, 11) is 0. The summed E-state index contributed by atoms with van der Waals surface area (Å²) in [6, 6.07) is 1.37. The molecule has 0 aliphatic carbocycles. The number of nitrogens with one attached hydrogen (secondary N) is 1. The molecule has 1 aromatic heterocycles. The molecule has 0 aromatic carbocycles. The van der Waals surface area contributed by atoms with Crippen LogP contribution in [0.2, 0.25) is 0 Å². The van der Waals surface area contributed by atoms with Crippen molar-refractivity contribution in [1.82, 2.24) is 9.97 Å². The molecule has 1 atom stereocenters. The van der Waals surface area contributed by atoms with E-state index in [0.29, 0.717) is 17.3 Å². The molecule has 0 saturated carbocycles. The minimum absolute atomic E-state index is 0.271. The van der Waals surface area contributed by atoms with Gasteiger partial charge in [0.05, 0.1) is 11.2 Å². The Hall–Kier alpha value is -1.30. The van der Waals surface area contributed by atoms with Crippen molar-refractivity contribution in [1.29, 1.82) is 0 Å². The smallest absolute Gasteiger partial charge is 0.251 e. The van der Waals surface area contributed by atoms with E-state index < -0.39 is 11.2 Å². The first-order chi connectivity index (χ1) is 8.02. The van der Waals surface area contributed by atoms with E-state index in [1.54, 1.807) is 6.92 Å². The Kier molecular flexibility index (Phi) is 5.21. The fourth-order valence-electron chi connectivity index (χ4n) is 1.36. The lowest BCUT2D eigenvalue weighted by Gasteiger charge is -2.16. The van der Waals surface area contributed by atoms with E-state index in [1.807, 2.05) is 6.92 Å². The number of hydrogen-bond acceptors (Lipinski definition) is 5. The van der Waals surface area contributed by atoms with Gasteiger partial charge in [-0.25, -0.2) is 4.98 Å². The number of aliphatic carboxylic acids is 1. The molecule has 0 spiro atoms. The molecule has 17 heavy (non-hydrogen) atoms. The summed E-state index contributed by atoms with van der Waals surface area (Å²) in [5.74, 6) is -1.12. The highest BCUT2D eigenvalue weighted by Crippen LogP contribution is 2.22. The largest absolute Gasteiger partial charge is 0.549 e. The Labute approximate surface area is 104 Å². The number of rotatable bonds is 6. The van der Waals surface area contributed by atoms with Crippen LogP contribution < -0.4 is 10.7 Å². The Morgan fingerprint density at radius 3 is 2.88 bits per heavy atom. The number of nitrogens with zero attached hydrogens (tertiary/aromatic N) is 1. The Morgan fingerprint density at radius 1 is 1.65 bits per heavy atom. The quantitative estimate of drug-likeness (QED) is 0.590. The number of unbranched alkanes of at least 4 members (excludes halogenated alkanes) is 1. The number of thioether (sulfide) groups is 1. The highest BCUT2D eigenvalue weighted by Gasteiger charge is 2.13. The molecular weight excluding hydrogens is 240 g/mol. The van der Waals surface area contributed by atoms with Gasteiger partial charge in [0.2, 0.25) is 0 Å². The molecule has 0 unspecified atom stereocenters. The second-order valence-electron chi connectivity index (χ2n) is 3.76. The van der Waals surface area contributed by atoms with Crippen molar-refractivity contribution in [3.05, 3.63) is 22.1 Å². The predicted octanol–water partition coefficient (Wildman–Crippen LogP) is 0.479. The first-order valence-electron chi connectivity index (χ1n) is 5.48. The molecule has 0 radical (unpaired) electrons. The van der Waals surface area contributed by atoms with Crippen LogP contribution in [-0.2, 0) is 4.79 Å². The van der Waals surface area contributed by atoms with E-state index in [2.05, 4.69) is 9.97 Å². The first-order valence-corrected chi connectivity index (χ1v) is 6.36. The van der Waals surface area contributed by atoms with Gasteiger partial charge in [0.15, 0.2) is 5.16 Å². The molecule has 1 N–H and O–H groups in total. The molecule has 0 aliphatic rings. The Balaban J connectivity index is 2.78. The number of hydrogen-bond donors (Lipinski definition) is 1. The number of aryl methyl sites for hydroxylation is 1. The van der Waals surface area contributed by atoms with Gasteiger partial charge in [-0.15, -0.1) is 0 Å². The summed E-state index contributed by atoms with van der Waals surface area (Å²) >= 11 is 1.04. The Morgan fingerprint density at radius 2 is 2.35 bits per heavy atom. The van der Waals surface area contributed by atoms with Gasteiger partial charge in [0.1, 0.15) is 0 Å². The normalized spacial score (nSPS) is 12.4. The maximum atomic E-state index is 11.2. The minimum Gasteiger partial charge on any atom is -0.549 e. The molecule has 1 heterocycles. The monoisotopic (exact) mass is 255 g/mol. The summed E-state index contributed by atoms with van der Waals surface area (Å²) in [4.78, 5) is 28.7. The van der Waals surface area contributed by atoms with E-state index in [4.69, 9.17) is 0 Å². The summed E-state index contributed by atoms with van der Waals surface area (Å²) in [6.45, 7) is 3.68. The molecule has 5 nitrogen and oxygen atoms in total. The number of aromatic nitrogens is 2. The molecule has 1 aromatic rings. The third kappa shape index (κ3) is 4.60. The van der Waals surface area contributed by atoms with Crippen LogP contribution in [0.3, 0.4) is 0 Å². The topological polar surface area (TPSA) is 85.9 Å². The van der Waals surface area contributed by atoms with Crippen LogP contribution in [0.15, 0.2) is 16.0 Å². The number of aromatic amines is 1. The van der Waals surface area contributed by atoms with Crippen LogP contribution in [0, 0.1) is 6.92 Å². The van der Waals surface area contributed by atoms with Crippen molar-refractivity contribution in [3.8, 4) is 0 Å². The second-order valence-corrected chi connectivity index (χ2v) is 4.95. The highest BCUT2D eigenvalue weighted by molar-refractivity contribution is 8.00. The van der Waals surface area contributed by atoms with E-state index in [-0.39, 0.29) is 5.56 Å². The number of carbonyl (C=O) groups excluding carboxylic acids is 1. The molecule has 0 bridgehead atoms. The van der Waals surface area contributed by atoms with E-state index >= 15 is 0 Å². The number of H-pyrrole nitrogens is 1. The van der Waals surface area contributed by atoms with Gasteiger partial charge in [-0.05, 0) is 13.3 Å². The van der Waals surface area contributed by atoms with Gasteiger partial charge >= 0.3 is 0 Å². The average molecular weight is 255 g/mol. The van der Waals surface area contributed by atoms with Crippen molar-refractivity contribution >= 4 is 17.7 Å². The fraction of sp³-hybridized carbons (Fsp3) is 0.545. The predicted molar refractivity (Wildman–Crippen MR) is 63.8 cm³/mol. The van der Waals surface area contributed by atoms with Crippen molar-refractivity contribution < 1.29 is 9.90 Å².